The van der Waals surface area contributed by atoms with Crippen LogP contribution in [0, 0.1) is 0 Å². The van der Waals surface area contributed by atoms with Gasteiger partial charge >= 0.3 is 0 Å². The quantitative estimate of drug-likeness (QED) is 0.779. The van der Waals surface area contributed by atoms with Crippen LogP contribution in [0.25, 0.3) is 0 Å². The lowest BCUT2D eigenvalue weighted by atomic mass is 9.96. The van der Waals surface area contributed by atoms with Gasteiger partial charge < -0.3 is 5.73 Å². The highest BCUT2D eigenvalue weighted by atomic mass is 32.2. The summed E-state index contributed by atoms with van der Waals surface area (Å²) < 4.78 is 26.6. The molecule has 1 rings (SSSR count). The minimum Gasteiger partial charge on any atom is -0.399 e. The van der Waals surface area contributed by atoms with E-state index in [1.807, 2.05) is 32.9 Å². The first-order valence-electron chi connectivity index (χ1n) is 6.14. The SMILES string of the molecule is CCCCS(=O)(=O)NC(C)(C)c1ccc(N)cc1. The van der Waals surface area contributed by atoms with Crippen molar-refractivity contribution in [3.63, 3.8) is 0 Å². The predicted octanol–water partition coefficient (Wildman–Crippen LogP) is 2.22. The fraction of sp³-hybridized carbons (Fsp3) is 0.538. The van der Waals surface area contributed by atoms with Crippen LogP contribution >= 0.6 is 0 Å². The zero-order valence-corrected chi connectivity index (χ0v) is 12.0. The third-order valence-electron chi connectivity index (χ3n) is 2.81. The van der Waals surface area contributed by atoms with Crippen LogP contribution in [-0.2, 0) is 15.6 Å². The average molecular weight is 270 g/mol. The number of nitrogens with one attached hydrogen (secondary N) is 1. The number of nitrogens with two attached hydrogens (primary N) is 1. The van der Waals surface area contributed by atoms with Crippen molar-refractivity contribution in [2.45, 2.75) is 39.2 Å². The molecule has 0 unspecified atom stereocenters. The van der Waals surface area contributed by atoms with Crippen molar-refractivity contribution in [1.29, 1.82) is 0 Å². The molecule has 102 valence electrons. The molecular formula is C13H22N2O2S. The Kier molecular flexibility index (Phi) is 4.76. The zero-order valence-electron chi connectivity index (χ0n) is 11.2. The Bertz CT molecular complexity index is 478. The Morgan fingerprint density at radius 2 is 1.78 bits per heavy atom. The van der Waals surface area contributed by atoms with Crippen LogP contribution in [-0.4, -0.2) is 14.2 Å². The van der Waals surface area contributed by atoms with Crippen LogP contribution in [0.5, 0.6) is 0 Å². The third-order valence-corrected chi connectivity index (χ3v) is 4.46. The van der Waals surface area contributed by atoms with E-state index < -0.39 is 15.6 Å². The lowest BCUT2D eigenvalue weighted by molar-refractivity contribution is 0.471. The maximum atomic E-state index is 11.9. The van der Waals surface area contributed by atoms with Crippen LogP contribution in [0.15, 0.2) is 24.3 Å². The molecule has 4 nitrogen and oxygen atoms in total. The van der Waals surface area contributed by atoms with Crippen LogP contribution in [0.1, 0.15) is 39.2 Å². The first-order chi connectivity index (χ1) is 8.27. The van der Waals surface area contributed by atoms with E-state index in [1.54, 1.807) is 12.1 Å². The van der Waals surface area contributed by atoms with Crippen LogP contribution in [0.2, 0.25) is 0 Å². The first kappa shape index (κ1) is 15.0. The Balaban J connectivity index is 2.84. The molecule has 0 spiro atoms. The molecule has 0 aliphatic carbocycles. The van der Waals surface area contributed by atoms with E-state index in [0.717, 1.165) is 12.0 Å². The van der Waals surface area contributed by atoms with Gasteiger partial charge in [-0.05, 0) is 38.0 Å². The molecule has 0 fully saturated rings. The summed E-state index contributed by atoms with van der Waals surface area (Å²) in [5, 5.41) is 0. The van der Waals surface area contributed by atoms with Gasteiger partial charge in [0.15, 0.2) is 0 Å². The fourth-order valence-corrected chi connectivity index (χ4v) is 3.40. The third kappa shape index (κ3) is 4.31. The van der Waals surface area contributed by atoms with Gasteiger partial charge in [-0.2, -0.15) is 0 Å². The van der Waals surface area contributed by atoms with Crippen LogP contribution in [0.4, 0.5) is 5.69 Å². The molecule has 0 aliphatic heterocycles. The monoisotopic (exact) mass is 270 g/mol. The molecule has 0 bridgehead atoms. The molecule has 0 amide bonds. The molecule has 1 aromatic carbocycles. The van der Waals surface area contributed by atoms with Crippen molar-refractivity contribution in [2.75, 3.05) is 11.5 Å². The highest BCUT2D eigenvalue weighted by Crippen LogP contribution is 2.22. The van der Waals surface area contributed by atoms with Gasteiger partial charge in [-0.15, -0.1) is 0 Å². The van der Waals surface area contributed by atoms with Crippen molar-refractivity contribution < 1.29 is 8.42 Å². The molecule has 18 heavy (non-hydrogen) atoms. The Morgan fingerprint density at radius 3 is 2.28 bits per heavy atom. The molecule has 0 heterocycles. The van der Waals surface area contributed by atoms with Gasteiger partial charge in [0.2, 0.25) is 10.0 Å². The van der Waals surface area contributed by atoms with Crippen LogP contribution in [0.3, 0.4) is 0 Å². The largest absolute Gasteiger partial charge is 0.399 e. The summed E-state index contributed by atoms with van der Waals surface area (Å²) in [5.74, 6) is 0.169. The summed E-state index contributed by atoms with van der Waals surface area (Å²) >= 11 is 0. The van der Waals surface area contributed by atoms with E-state index in [2.05, 4.69) is 4.72 Å². The maximum Gasteiger partial charge on any atom is 0.212 e. The number of hydrogen-bond acceptors (Lipinski definition) is 3. The molecule has 0 saturated carbocycles. The number of nitrogen functional groups attached to an aromatic ring is 1. The van der Waals surface area contributed by atoms with Gasteiger partial charge in [-0.25, -0.2) is 13.1 Å². The standard InChI is InChI=1S/C13H22N2O2S/c1-4-5-10-18(16,17)15-13(2,3)11-6-8-12(14)9-7-11/h6-9,15H,4-5,10,14H2,1-3H3. The molecule has 0 saturated heterocycles. The van der Waals surface area contributed by atoms with Crippen molar-refractivity contribution >= 4 is 15.7 Å². The summed E-state index contributed by atoms with van der Waals surface area (Å²) in [6, 6.07) is 7.24. The highest BCUT2D eigenvalue weighted by molar-refractivity contribution is 7.89. The summed E-state index contributed by atoms with van der Waals surface area (Å²) in [7, 11) is -3.24. The predicted molar refractivity (Wildman–Crippen MR) is 75.7 cm³/mol. The van der Waals surface area contributed by atoms with E-state index in [0.29, 0.717) is 12.1 Å². The van der Waals surface area contributed by atoms with Gasteiger partial charge in [0.1, 0.15) is 0 Å². The molecule has 0 aliphatic rings. The van der Waals surface area contributed by atoms with Crippen molar-refractivity contribution in [2.24, 2.45) is 0 Å². The Labute approximate surface area is 110 Å². The second-order valence-corrected chi connectivity index (χ2v) is 6.86. The van der Waals surface area contributed by atoms with Crippen molar-refractivity contribution in [1.82, 2.24) is 4.72 Å². The van der Waals surface area contributed by atoms with E-state index >= 15 is 0 Å². The van der Waals surface area contributed by atoms with Crippen molar-refractivity contribution in [3.05, 3.63) is 29.8 Å². The number of rotatable bonds is 6. The average Bonchev–Trinajstić information content (AvgIpc) is 2.25. The zero-order chi connectivity index (χ0) is 13.8. The molecular weight excluding hydrogens is 248 g/mol. The molecule has 1 aromatic rings. The summed E-state index contributed by atoms with van der Waals surface area (Å²) in [5.41, 5.74) is 6.57. The number of hydrogen-bond donors (Lipinski definition) is 2. The topological polar surface area (TPSA) is 72.2 Å². The lowest BCUT2D eigenvalue weighted by Gasteiger charge is -2.26. The smallest absolute Gasteiger partial charge is 0.212 e. The summed E-state index contributed by atoms with van der Waals surface area (Å²) in [6.45, 7) is 5.67. The number of anilines is 1. The molecule has 0 aromatic heterocycles. The first-order valence-corrected chi connectivity index (χ1v) is 7.80. The molecule has 3 N–H and O–H groups in total. The highest BCUT2D eigenvalue weighted by Gasteiger charge is 2.26. The summed E-state index contributed by atoms with van der Waals surface area (Å²) in [4.78, 5) is 0. The number of benzene rings is 1. The maximum absolute atomic E-state index is 11.9. The second kappa shape index (κ2) is 5.71. The van der Waals surface area contributed by atoms with E-state index in [1.165, 1.54) is 0 Å². The van der Waals surface area contributed by atoms with Gasteiger partial charge in [-0.3, -0.25) is 0 Å². The lowest BCUT2D eigenvalue weighted by Crippen LogP contribution is -2.42. The van der Waals surface area contributed by atoms with Crippen molar-refractivity contribution in [3.8, 4) is 0 Å². The van der Waals surface area contributed by atoms with Gasteiger partial charge in [0, 0.05) is 5.69 Å². The van der Waals surface area contributed by atoms with E-state index in [9.17, 15) is 8.42 Å². The summed E-state index contributed by atoms with van der Waals surface area (Å²) in [6.07, 6.45) is 1.54. The van der Waals surface area contributed by atoms with Gasteiger partial charge in [-0.1, -0.05) is 25.5 Å². The fourth-order valence-electron chi connectivity index (χ4n) is 1.73. The van der Waals surface area contributed by atoms with E-state index in [4.69, 9.17) is 5.73 Å². The number of unbranched alkanes of at least 4 members (excludes halogenated alkanes) is 1. The molecule has 0 radical (unpaired) electrons. The van der Waals surface area contributed by atoms with E-state index in [-0.39, 0.29) is 5.75 Å². The minimum absolute atomic E-state index is 0.169. The second-order valence-electron chi connectivity index (χ2n) is 5.02. The van der Waals surface area contributed by atoms with Crippen LogP contribution < -0.4 is 10.5 Å². The molecule has 0 atom stereocenters. The normalized spacial score (nSPS) is 12.6. The molecule has 5 heteroatoms. The van der Waals surface area contributed by atoms with Gasteiger partial charge in [0.05, 0.1) is 11.3 Å². The minimum atomic E-state index is -3.24. The Morgan fingerprint density at radius 1 is 1.22 bits per heavy atom. The Hall–Kier alpha value is -1.07. The van der Waals surface area contributed by atoms with Gasteiger partial charge in [0.25, 0.3) is 0 Å². The number of sulfonamides is 1.